The number of aromatic nitrogens is 2. The van der Waals surface area contributed by atoms with E-state index in [1.807, 2.05) is 24.8 Å². The number of likely N-dealkylation sites (tertiary alicyclic amines) is 1. The van der Waals surface area contributed by atoms with Crippen LogP contribution in [0.15, 0.2) is 43.0 Å². The van der Waals surface area contributed by atoms with E-state index in [0.29, 0.717) is 0 Å². The van der Waals surface area contributed by atoms with Crippen LogP contribution in [0, 0.1) is 11.7 Å². The summed E-state index contributed by atoms with van der Waals surface area (Å²) in [5, 5.41) is 0. The normalized spacial score (nSPS) is 17.4. The molecule has 0 aliphatic carbocycles. The van der Waals surface area contributed by atoms with Gasteiger partial charge in [0.15, 0.2) is 0 Å². The van der Waals surface area contributed by atoms with Crippen molar-refractivity contribution in [1.29, 1.82) is 0 Å². The van der Waals surface area contributed by atoms with Gasteiger partial charge in [-0.15, -0.1) is 0 Å². The second-order valence-electron chi connectivity index (χ2n) is 5.61. The lowest BCUT2D eigenvalue weighted by Crippen LogP contribution is -2.34. The minimum Gasteiger partial charge on any atom is -0.337 e. The molecule has 0 radical (unpaired) electrons. The molecule has 1 aromatic heterocycles. The van der Waals surface area contributed by atoms with Gasteiger partial charge in [-0.2, -0.15) is 0 Å². The van der Waals surface area contributed by atoms with Crippen molar-refractivity contribution in [2.75, 3.05) is 13.1 Å². The first-order chi connectivity index (χ1) is 9.79. The van der Waals surface area contributed by atoms with Crippen molar-refractivity contribution in [3.63, 3.8) is 0 Å². The van der Waals surface area contributed by atoms with Crippen LogP contribution in [0.2, 0.25) is 0 Å². The van der Waals surface area contributed by atoms with Gasteiger partial charge in [0.2, 0.25) is 0 Å². The van der Waals surface area contributed by atoms with Gasteiger partial charge in [-0.25, -0.2) is 9.37 Å². The average Bonchev–Trinajstić information content (AvgIpc) is 2.94. The molecule has 0 saturated carbocycles. The standard InChI is InChI=1S/C16H20FN3/c17-16-3-1-2-15(10-16)12-19-7-4-14(5-8-19)11-20-9-6-18-13-20/h1-3,6,9-10,13-14H,4-5,7-8,11-12H2. The maximum absolute atomic E-state index is 13.2. The molecule has 20 heavy (non-hydrogen) atoms. The molecule has 1 aliphatic heterocycles. The Balaban J connectivity index is 1.48. The summed E-state index contributed by atoms with van der Waals surface area (Å²) in [6.07, 6.45) is 8.15. The van der Waals surface area contributed by atoms with Crippen molar-refractivity contribution in [3.8, 4) is 0 Å². The minimum atomic E-state index is -0.141. The highest BCUT2D eigenvalue weighted by atomic mass is 19.1. The predicted molar refractivity (Wildman–Crippen MR) is 76.6 cm³/mol. The molecule has 3 rings (SSSR count). The van der Waals surface area contributed by atoms with Crippen LogP contribution in [-0.4, -0.2) is 27.5 Å². The Morgan fingerprint density at radius 3 is 2.80 bits per heavy atom. The Hall–Kier alpha value is -1.68. The van der Waals surface area contributed by atoms with E-state index in [0.717, 1.165) is 37.7 Å². The SMILES string of the molecule is Fc1cccc(CN2CCC(Cn3ccnc3)CC2)c1. The molecule has 0 unspecified atom stereocenters. The van der Waals surface area contributed by atoms with Gasteiger partial charge in [-0.3, -0.25) is 4.90 Å². The van der Waals surface area contributed by atoms with Crippen molar-refractivity contribution in [3.05, 3.63) is 54.4 Å². The highest BCUT2D eigenvalue weighted by Gasteiger charge is 2.19. The molecule has 0 amide bonds. The van der Waals surface area contributed by atoms with Crippen LogP contribution >= 0.6 is 0 Å². The van der Waals surface area contributed by atoms with Gasteiger partial charge in [0.25, 0.3) is 0 Å². The second kappa shape index (κ2) is 6.18. The topological polar surface area (TPSA) is 21.1 Å². The smallest absolute Gasteiger partial charge is 0.123 e. The summed E-state index contributed by atoms with van der Waals surface area (Å²) in [6.45, 7) is 4.11. The third-order valence-electron chi connectivity index (χ3n) is 4.03. The van der Waals surface area contributed by atoms with Gasteiger partial charge in [0.1, 0.15) is 5.82 Å². The van der Waals surface area contributed by atoms with E-state index in [1.165, 1.54) is 18.9 Å². The molecular formula is C16H20FN3. The van der Waals surface area contributed by atoms with E-state index < -0.39 is 0 Å². The second-order valence-corrected chi connectivity index (χ2v) is 5.61. The quantitative estimate of drug-likeness (QED) is 0.854. The van der Waals surface area contributed by atoms with Gasteiger partial charge in [-0.05, 0) is 49.5 Å². The van der Waals surface area contributed by atoms with Gasteiger partial charge in [0.05, 0.1) is 6.33 Å². The first kappa shape index (κ1) is 13.3. The van der Waals surface area contributed by atoms with Gasteiger partial charge in [-0.1, -0.05) is 12.1 Å². The summed E-state index contributed by atoms with van der Waals surface area (Å²) in [4.78, 5) is 6.50. The fourth-order valence-electron chi connectivity index (χ4n) is 2.91. The summed E-state index contributed by atoms with van der Waals surface area (Å²) < 4.78 is 15.3. The summed E-state index contributed by atoms with van der Waals surface area (Å²) in [7, 11) is 0. The predicted octanol–water partition coefficient (Wildman–Crippen LogP) is 2.93. The molecule has 2 heterocycles. The van der Waals surface area contributed by atoms with E-state index >= 15 is 0 Å². The summed E-state index contributed by atoms with van der Waals surface area (Å²) >= 11 is 0. The number of hydrogen-bond acceptors (Lipinski definition) is 2. The monoisotopic (exact) mass is 273 g/mol. The van der Waals surface area contributed by atoms with Gasteiger partial charge in [0, 0.05) is 25.5 Å². The highest BCUT2D eigenvalue weighted by Crippen LogP contribution is 2.20. The molecule has 2 aromatic rings. The number of rotatable bonds is 4. The number of benzene rings is 1. The molecule has 1 aliphatic rings. The first-order valence-corrected chi connectivity index (χ1v) is 7.22. The van der Waals surface area contributed by atoms with Crippen molar-refractivity contribution in [1.82, 2.24) is 14.5 Å². The Morgan fingerprint density at radius 1 is 1.25 bits per heavy atom. The number of halogens is 1. The lowest BCUT2D eigenvalue weighted by Gasteiger charge is -2.32. The lowest BCUT2D eigenvalue weighted by atomic mass is 9.96. The Morgan fingerprint density at radius 2 is 2.10 bits per heavy atom. The molecule has 0 bridgehead atoms. The van der Waals surface area contributed by atoms with E-state index in [4.69, 9.17) is 0 Å². The fourth-order valence-corrected chi connectivity index (χ4v) is 2.91. The average molecular weight is 273 g/mol. The zero-order chi connectivity index (χ0) is 13.8. The van der Waals surface area contributed by atoms with E-state index in [-0.39, 0.29) is 5.82 Å². The molecule has 3 nitrogen and oxygen atoms in total. The van der Waals surface area contributed by atoms with Crippen LogP contribution in [0.25, 0.3) is 0 Å². The number of hydrogen-bond donors (Lipinski definition) is 0. The number of piperidine rings is 1. The lowest BCUT2D eigenvalue weighted by molar-refractivity contribution is 0.167. The maximum Gasteiger partial charge on any atom is 0.123 e. The highest BCUT2D eigenvalue weighted by molar-refractivity contribution is 5.16. The fraction of sp³-hybridized carbons (Fsp3) is 0.438. The van der Waals surface area contributed by atoms with Crippen LogP contribution in [0.5, 0.6) is 0 Å². The van der Waals surface area contributed by atoms with E-state index in [2.05, 4.69) is 14.5 Å². The largest absolute Gasteiger partial charge is 0.337 e. The number of nitrogens with zero attached hydrogens (tertiary/aromatic N) is 3. The molecule has 0 N–H and O–H groups in total. The molecule has 0 atom stereocenters. The molecule has 4 heteroatoms. The van der Waals surface area contributed by atoms with Crippen LogP contribution < -0.4 is 0 Å². The zero-order valence-corrected chi connectivity index (χ0v) is 11.6. The number of imidazole rings is 1. The Bertz CT molecular complexity index is 530. The van der Waals surface area contributed by atoms with Crippen LogP contribution in [0.3, 0.4) is 0 Å². The van der Waals surface area contributed by atoms with Gasteiger partial charge >= 0.3 is 0 Å². The zero-order valence-electron chi connectivity index (χ0n) is 11.6. The molecule has 1 aromatic carbocycles. The van der Waals surface area contributed by atoms with Crippen molar-refractivity contribution in [2.24, 2.45) is 5.92 Å². The van der Waals surface area contributed by atoms with E-state index in [1.54, 1.807) is 12.1 Å². The molecule has 1 saturated heterocycles. The summed E-state index contributed by atoms with van der Waals surface area (Å²) in [6, 6.07) is 6.93. The van der Waals surface area contributed by atoms with Crippen molar-refractivity contribution < 1.29 is 4.39 Å². The third-order valence-corrected chi connectivity index (χ3v) is 4.03. The maximum atomic E-state index is 13.2. The van der Waals surface area contributed by atoms with Crippen molar-refractivity contribution >= 4 is 0 Å². The van der Waals surface area contributed by atoms with Crippen LogP contribution in [-0.2, 0) is 13.1 Å². The van der Waals surface area contributed by atoms with Crippen LogP contribution in [0.4, 0.5) is 4.39 Å². The summed E-state index contributed by atoms with van der Waals surface area (Å²) in [5.74, 6) is 0.588. The minimum absolute atomic E-state index is 0.141. The third kappa shape index (κ3) is 3.45. The van der Waals surface area contributed by atoms with Gasteiger partial charge < -0.3 is 4.57 Å². The Labute approximate surface area is 119 Å². The summed E-state index contributed by atoms with van der Waals surface area (Å²) in [5.41, 5.74) is 1.07. The molecular weight excluding hydrogens is 253 g/mol. The van der Waals surface area contributed by atoms with E-state index in [9.17, 15) is 4.39 Å². The van der Waals surface area contributed by atoms with Crippen LogP contribution in [0.1, 0.15) is 18.4 Å². The van der Waals surface area contributed by atoms with Crippen molar-refractivity contribution in [2.45, 2.75) is 25.9 Å². The molecule has 1 fully saturated rings. The Kier molecular flexibility index (Phi) is 4.11. The molecule has 0 spiro atoms. The first-order valence-electron chi connectivity index (χ1n) is 7.22. The molecule has 106 valence electrons.